The summed E-state index contributed by atoms with van der Waals surface area (Å²) >= 11 is 0. The Morgan fingerprint density at radius 2 is 1.84 bits per heavy atom. The van der Waals surface area contributed by atoms with Gasteiger partial charge in [0, 0.05) is 19.0 Å². The molecule has 0 aromatic heterocycles. The summed E-state index contributed by atoms with van der Waals surface area (Å²) in [5.41, 5.74) is -1.04. The Labute approximate surface area is 182 Å². The predicted molar refractivity (Wildman–Crippen MR) is 116 cm³/mol. The standard InChI is InChI=1S/C23H27NO6S/c1-22(2)18-9-10-23(22,20(25)13-18)14-31(27,28)30-24(3)21(26)17-6-5-16-12-19(29-4)8-7-15(16)11-17/h5-8,11-12,18H,9-10,13-14H2,1-4H3. The van der Waals surface area contributed by atoms with E-state index in [-0.39, 0.29) is 11.7 Å². The number of rotatable bonds is 6. The first-order chi connectivity index (χ1) is 14.5. The van der Waals surface area contributed by atoms with Crippen molar-refractivity contribution in [2.75, 3.05) is 19.9 Å². The number of hydrogen-bond acceptors (Lipinski definition) is 6. The van der Waals surface area contributed by atoms with Crippen LogP contribution < -0.4 is 4.74 Å². The summed E-state index contributed by atoms with van der Waals surface area (Å²) in [6.45, 7) is 3.92. The molecule has 0 heterocycles. The van der Waals surface area contributed by atoms with Gasteiger partial charge in [-0.2, -0.15) is 8.42 Å². The van der Waals surface area contributed by atoms with Gasteiger partial charge in [0.15, 0.2) is 0 Å². The van der Waals surface area contributed by atoms with Crippen molar-refractivity contribution in [2.24, 2.45) is 16.7 Å². The predicted octanol–water partition coefficient (Wildman–Crippen LogP) is 3.58. The molecule has 2 fully saturated rings. The third kappa shape index (κ3) is 3.51. The number of ketones is 1. The fraction of sp³-hybridized carbons (Fsp3) is 0.478. The molecule has 0 saturated heterocycles. The number of hydrogen-bond donors (Lipinski definition) is 0. The van der Waals surface area contributed by atoms with Crippen molar-refractivity contribution in [3.05, 3.63) is 42.0 Å². The molecule has 0 radical (unpaired) electrons. The second kappa shape index (κ2) is 7.31. The molecule has 2 atom stereocenters. The summed E-state index contributed by atoms with van der Waals surface area (Å²) in [5, 5.41) is 2.44. The highest BCUT2D eigenvalue weighted by Crippen LogP contribution is 2.64. The van der Waals surface area contributed by atoms with Gasteiger partial charge >= 0.3 is 0 Å². The number of amides is 1. The first kappa shape index (κ1) is 21.8. The summed E-state index contributed by atoms with van der Waals surface area (Å²) in [7, 11) is -1.30. The van der Waals surface area contributed by atoms with Gasteiger partial charge in [0.1, 0.15) is 11.5 Å². The lowest BCUT2D eigenvalue weighted by Crippen LogP contribution is -2.44. The number of methoxy groups -OCH3 is 1. The van der Waals surface area contributed by atoms with Crippen LogP contribution in [0.3, 0.4) is 0 Å². The van der Waals surface area contributed by atoms with Gasteiger partial charge in [0.05, 0.1) is 18.3 Å². The first-order valence-corrected chi connectivity index (χ1v) is 11.9. The second-order valence-electron chi connectivity index (χ2n) is 9.17. The molecule has 1 amide bonds. The number of hydroxylamine groups is 2. The van der Waals surface area contributed by atoms with Gasteiger partial charge < -0.3 is 4.74 Å². The minimum Gasteiger partial charge on any atom is -0.497 e. The summed E-state index contributed by atoms with van der Waals surface area (Å²) in [4.78, 5) is 25.5. The molecule has 4 rings (SSSR count). The molecule has 31 heavy (non-hydrogen) atoms. The maximum atomic E-state index is 12.8. The molecular formula is C23H27NO6S. The van der Waals surface area contributed by atoms with E-state index in [0.29, 0.717) is 24.2 Å². The minimum absolute atomic E-state index is 0.0140. The van der Waals surface area contributed by atoms with E-state index in [2.05, 4.69) is 0 Å². The zero-order valence-electron chi connectivity index (χ0n) is 18.2. The Morgan fingerprint density at radius 3 is 2.45 bits per heavy atom. The molecule has 2 aromatic carbocycles. The lowest BCUT2D eigenvalue weighted by molar-refractivity contribution is -0.128. The van der Waals surface area contributed by atoms with E-state index >= 15 is 0 Å². The van der Waals surface area contributed by atoms with Crippen LogP contribution in [-0.2, 0) is 19.2 Å². The van der Waals surface area contributed by atoms with Crippen LogP contribution in [0.4, 0.5) is 0 Å². The molecule has 8 heteroatoms. The van der Waals surface area contributed by atoms with E-state index in [1.54, 1.807) is 31.4 Å². The quantitative estimate of drug-likeness (QED) is 0.632. The maximum absolute atomic E-state index is 12.8. The van der Waals surface area contributed by atoms with Gasteiger partial charge in [-0.3, -0.25) is 9.59 Å². The van der Waals surface area contributed by atoms with E-state index in [1.807, 2.05) is 26.0 Å². The van der Waals surface area contributed by atoms with Crippen LogP contribution in [0.5, 0.6) is 5.75 Å². The zero-order chi connectivity index (χ0) is 22.6. The largest absolute Gasteiger partial charge is 0.497 e. The van der Waals surface area contributed by atoms with Crippen LogP contribution in [0.25, 0.3) is 10.8 Å². The minimum atomic E-state index is -4.15. The highest BCUT2D eigenvalue weighted by molar-refractivity contribution is 7.86. The van der Waals surface area contributed by atoms with Crippen molar-refractivity contribution in [2.45, 2.75) is 33.1 Å². The smallest absolute Gasteiger partial charge is 0.289 e. The van der Waals surface area contributed by atoms with Crippen LogP contribution in [0.15, 0.2) is 36.4 Å². The second-order valence-corrected chi connectivity index (χ2v) is 10.7. The molecule has 2 aromatic rings. The number of carbonyl (C=O) groups excluding carboxylic acids is 2. The molecule has 0 aliphatic heterocycles. The fourth-order valence-corrected chi connectivity index (χ4v) is 7.05. The molecule has 2 bridgehead atoms. The zero-order valence-corrected chi connectivity index (χ0v) is 19.0. The summed E-state index contributed by atoms with van der Waals surface area (Å²) in [6.07, 6.45) is 1.79. The van der Waals surface area contributed by atoms with Crippen LogP contribution in [-0.4, -0.2) is 45.1 Å². The topological polar surface area (TPSA) is 90.0 Å². The number of fused-ring (bicyclic) bond motifs is 3. The molecule has 0 spiro atoms. The van der Waals surface area contributed by atoms with Gasteiger partial charge in [-0.1, -0.05) is 26.0 Å². The Hall–Kier alpha value is -2.45. The Balaban J connectivity index is 1.52. The molecular weight excluding hydrogens is 418 g/mol. The normalized spacial score (nSPS) is 24.5. The molecule has 0 N–H and O–H groups in total. The van der Waals surface area contributed by atoms with Crippen molar-refractivity contribution in [3.63, 3.8) is 0 Å². The number of Topliss-reactive ketones (excluding diaryl/α,β-unsaturated/α-hetero) is 1. The summed E-state index contributed by atoms with van der Waals surface area (Å²) < 4.78 is 36.0. The fourth-order valence-electron chi connectivity index (χ4n) is 5.31. The Morgan fingerprint density at radius 1 is 1.16 bits per heavy atom. The number of carbonyl (C=O) groups is 2. The van der Waals surface area contributed by atoms with Gasteiger partial charge in [-0.15, -0.1) is 4.28 Å². The Bertz CT molecular complexity index is 1170. The molecule has 2 aliphatic rings. The highest BCUT2D eigenvalue weighted by atomic mass is 32.2. The third-order valence-electron chi connectivity index (χ3n) is 7.37. The number of benzene rings is 2. The van der Waals surface area contributed by atoms with Gasteiger partial charge in [-0.05, 0) is 59.2 Å². The molecule has 2 saturated carbocycles. The molecule has 2 aliphatic carbocycles. The number of ether oxygens (including phenoxy) is 1. The lowest BCUT2D eigenvalue weighted by atomic mass is 9.70. The van der Waals surface area contributed by atoms with Crippen molar-refractivity contribution in [1.29, 1.82) is 0 Å². The van der Waals surface area contributed by atoms with Gasteiger partial charge in [-0.25, -0.2) is 5.06 Å². The average molecular weight is 446 g/mol. The highest BCUT2D eigenvalue weighted by Gasteiger charge is 2.65. The van der Waals surface area contributed by atoms with Crippen molar-refractivity contribution < 1.29 is 27.0 Å². The van der Waals surface area contributed by atoms with Crippen molar-refractivity contribution in [1.82, 2.24) is 5.06 Å². The van der Waals surface area contributed by atoms with E-state index in [9.17, 15) is 18.0 Å². The third-order valence-corrected chi connectivity index (χ3v) is 8.67. The van der Waals surface area contributed by atoms with Crippen molar-refractivity contribution in [3.8, 4) is 5.75 Å². The molecule has 7 nitrogen and oxygen atoms in total. The van der Waals surface area contributed by atoms with Crippen LogP contribution >= 0.6 is 0 Å². The molecule has 166 valence electrons. The van der Waals surface area contributed by atoms with E-state index < -0.39 is 32.6 Å². The maximum Gasteiger partial charge on any atom is 0.289 e. The number of nitrogens with zero attached hydrogens (tertiary/aromatic N) is 1. The van der Waals surface area contributed by atoms with Crippen molar-refractivity contribution >= 4 is 32.6 Å². The van der Waals surface area contributed by atoms with Crippen LogP contribution in [0, 0.1) is 16.7 Å². The van der Waals surface area contributed by atoms with Gasteiger partial charge in [0.25, 0.3) is 16.0 Å². The Kier molecular flexibility index (Phi) is 5.13. The first-order valence-electron chi connectivity index (χ1n) is 10.3. The summed E-state index contributed by atoms with van der Waals surface area (Å²) in [5.74, 6) is -0.0981. The van der Waals surface area contributed by atoms with Crippen LogP contribution in [0.2, 0.25) is 0 Å². The van der Waals surface area contributed by atoms with E-state index in [1.165, 1.54) is 7.05 Å². The van der Waals surface area contributed by atoms with Crippen LogP contribution in [0.1, 0.15) is 43.5 Å². The lowest BCUT2D eigenvalue weighted by Gasteiger charge is -2.36. The van der Waals surface area contributed by atoms with E-state index in [4.69, 9.17) is 9.02 Å². The van der Waals surface area contributed by atoms with E-state index in [0.717, 1.165) is 22.3 Å². The monoisotopic (exact) mass is 445 g/mol. The average Bonchev–Trinajstić information content (AvgIpc) is 3.05. The summed E-state index contributed by atoms with van der Waals surface area (Å²) in [6, 6.07) is 10.5. The SMILES string of the molecule is COc1ccc2cc(C(=O)N(C)OS(=O)(=O)CC34CCC(CC3=O)C4(C)C)ccc2c1. The molecule has 2 unspecified atom stereocenters. The van der Waals surface area contributed by atoms with Gasteiger partial charge in [0.2, 0.25) is 0 Å².